The monoisotopic (exact) mass is 285 g/mol. The van der Waals surface area contributed by atoms with Gasteiger partial charge in [0.05, 0.1) is 17.7 Å². The first kappa shape index (κ1) is 14.6. The molecule has 4 heteroatoms. The van der Waals surface area contributed by atoms with Crippen LogP contribution in [0.4, 0.5) is 5.69 Å². The highest BCUT2D eigenvalue weighted by molar-refractivity contribution is 7.10. The molecule has 0 saturated carbocycles. The molecule has 20 heavy (non-hydrogen) atoms. The summed E-state index contributed by atoms with van der Waals surface area (Å²) in [6.07, 6.45) is 0.908. The van der Waals surface area contributed by atoms with E-state index < -0.39 is 0 Å². The normalized spacial score (nSPS) is 13.5. The highest BCUT2D eigenvalue weighted by Crippen LogP contribution is 2.31. The lowest BCUT2D eigenvalue weighted by Gasteiger charge is -2.33. The molecule has 1 aromatic carbocycles. The van der Waals surface area contributed by atoms with Crippen molar-refractivity contribution in [1.29, 1.82) is 5.26 Å². The van der Waals surface area contributed by atoms with E-state index in [1.165, 1.54) is 4.88 Å². The third-order valence-electron chi connectivity index (χ3n) is 3.51. The smallest absolute Gasteiger partial charge is 0.0992 e. The first-order valence-corrected chi connectivity index (χ1v) is 7.57. The average molecular weight is 285 g/mol. The van der Waals surface area contributed by atoms with E-state index in [2.05, 4.69) is 35.4 Å². The predicted octanol–water partition coefficient (Wildman–Crippen LogP) is 3.53. The van der Waals surface area contributed by atoms with Gasteiger partial charge in [0.2, 0.25) is 0 Å². The fraction of sp³-hybridized carbons (Fsp3) is 0.312. The number of nitriles is 1. The lowest BCUT2D eigenvalue weighted by molar-refractivity contribution is 0.516. The minimum atomic E-state index is 0.0596. The van der Waals surface area contributed by atoms with Crippen molar-refractivity contribution in [1.82, 2.24) is 0 Å². The van der Waals surface area contributed by atoms with Gasteiger partial charge in [-0.2, -0.15) is 5.26 Å². The number of benzene rings is 1. The molecule has 2 rings (SSSR count). The van der Waals surface area contributed by atoms with Gasteiger partial charge in [0.15, 0.2) is 0 Å². The van der Waals surface area contributed by atoms with Gasteiger partial charge >= 0.3 is 0 Å². The Morgan fingerprint density at radius 2 is 2.15 bits per heavy atom. The van der Waals surface area contributed by atoms with Gasteiger partial charge in [0.25, 0.3) is 0 Å². The Morgan fingerprint density at radius 1 is 1.35 bits per heavy atom. The molecular weight excluding hydrogens is 266 g/mol. The summed E-state index contributed by atoms with van der Waals surface area (Å²) in [6, 6.07) is 14.2. The van der Waals surface area contributed by atoms with Gasteiger partial charge in [-0.25, -0.2) is 0 Å². The predicted molar refractivity (Wildman–Crippen MR) is 84.9 cm³/mol. The van der Waals surface area contributed by atoms with Gasteiger partial charge in [0.1, 0.15) is 0 Å². The number of anilines is 1. The number of rotatable bonds is 5. The van der Waals surface area contributed by atoms with Crippen molar-refractivity contribution in [3.63, 3.8) is 0 Å². The van der Waals surface area contributed by atoms with Gasteiger partial charge in [-0.3, -0.25) is 0 Å². The molecule has 2 N–H and O–H groups in total. The van der Waals surface area contributed by atoms with Crippen LogP contribution < -0.4 is 10.6 Å². The first-order valence-electron chi connectivity index (χ1n) is 6.69. The molecule has 0 spiro atoms. The second kappa shape index (κ2) is 6.56. The second-order valence-corrected chi connectivity index (χ2v) is 5.78. The molecular formula is C16H19N3S. The van der Waals surface area contributed by atoms with Crippen molar-refractivity contribution in [2.24, 2.45) is 5.73 Å². The molecule has 2 atom stereocenters. The molecule has 2 unspecified atom stereocenters. The van der Waals surface area contributed by atoms with Crippen LogP contribution in [0.5, 0.6) is 0 Å². The van der Waals surface area contributed by atoms with Crippen LogP contribution in [-0.2, 0) is 0 Å². The first-order chi connectivity index (χ1) is 9.67. The van der Waals surface area contributed by atoms with Crippen LogP contribution in [0, 0.1) is 11.3 Å². The average Bonchev–Trinajstić information content (AvgIpc) is 3.01. The van der Waals surface area contributed by atoms with E-state index in [4.69, 9.17) is 11.0 Å². The van der Waals surface area contributed by atoms with Crippen LogP contribution in [0.3, 0.4) is 0 Å². The lowest BCUT2D eigenvalue weighted by atomic mass is 10.0. The summed E-state index contributed by atoms with van der Waals surface area (Å²) in [5.74, 6) is 0. The van der Waals surface area contributed by atoms with Crippen molar-refractivity contribution >= 4 is 17.0 Å². The maximum atomic E-state index is 9.03. The van der Waals surface area contributed by atoms with Crippen LogP contribution in [-0.4, -0.2) is 13.1 Å². The van der Waals surface area contributed by atoms with Gasteiger partial charge < -0.3 is 10.6 Å². The zero-order valence-electron chi connectivity index (χ0n) is 11.8. The number of nitrogens with two attached hydrogens (primary N) is 1. The summed E-state index contributed by atoms with van der Waals surface area (Å²) in [6.45, 7) is 2.10. The topological polar surface area (TPSA) is 53.0 Å². The van der Waals surface area contributed by atoms with Crippen molar-refractivity contribution in [3.8, 4) is 6.07 Å². The Labute approximate surface area is 124 Å². The zero-order valence-corrected chi connectivity index (χ0v) is 12.6. The minimum absolute atomic E-state index is 0.0596. The van der Waals surface area contributed by atoms with E-state index >= 15 is 0 Å². The van der Waals surface area contributed by atoms with E-state index in [-0.39, 0.29) is 12.1 Å². The summed E-state index contributed by atoms with van der Waals surface area (Å²) in [5, 5.41) is 11.1. The number of likely N-dealkylation sites (N-methyl/N-ethyl adjacent to an activating group) is 1. The van der Waals surface area contributed by atoms with E-state index in [1.54, 1.807) is 11.3 Å². The Hall–Kier alpha value is -1.83. The number of hydrogen-bond acceptors (Lipinski definition) is 4. The van der Waals surface area contributed by atoms with Crippen LogP contribution >= 0.6 is 11.3 Å². The third-order valence-corrected chi connectivity index (χ3v) is 4.45. The van der Waals surface area contributed by atoms with E-state index in [0.717, 1.165) is 12.1 Å². The molecule has 0 bridgehead atoms. The third kappa shape index (κ3) is 3.01. The van der Waals surface area contributed by atoms with Crippen LogP contribution in [0.2, 0.25) is 0 Å². The zero-order chi connectivity index (χ0) is 14.5. The maximum absolute atomic E-state index is 9.03. The highest BCUT2D eigenvalue weighted by Gasteiger charge is 2.24. The number of thiophene rings is 1. The number of hydrogen-bond donors (Lipinski definition) is 1. The Bertz CT molecular complexity index is 586. The van der Waals surface area contributed by atoms with E-state index in [0.29, 0.717) is 5.56 Å². The van der Waals surface area contributed by atoms with E-state index in [1.807, 2.05) is 31.3 Å². The molecule has 0 aliphatic carbocycles. The quantitative estimate of drug-likeness (QED) is 0.914. The summed E-state index contributed by atoms with van der Waals surface area (Å²) in [7, 11) is 2.04. The van der Waals surface area contributed by atoms with Crippen LogP contribution in [0.15, 0.2) is 41.8 Å². The Kier molecular flexibility index (Phi) is 4.78. The molecule has 3 nitrogen and oxygen atoms in total. The summed E-state index contributed by atoms with van der Waals surface area (Å²) < 4.78 is 0. The van der Waals surface area contributed by atoms with Gasteiger partial charge in [-0.1, -0.05) is 19.1 Å². The van der Waals surface area contributed by atoms with Gasteiger partial charge in [-0.15, -0.1) is 11.3 Å². The van der Waals surface area contributed by atoms with Crippen molar-refractivity contribution in [2.75, 3.05) is 11.9 Å². The molecule has 0 radical (unpaired) electrons. The Morgan fingerprint density at radius 3 is 2.75 bits per heavy atom. The van der Waals surface area contributed by atoms with Crippen LogP contribution in [0.1, 0.15) is 29.8 Å². The molecule has 104 valence electrons. The van der Waals surface area contributed by atoms with Crippen molar-refractivity contribution in [3.05, 3.63) is 52.2 Å². The number of nitrogens with zero attached hydrogens (tertiary/aromatic N) is 2. The maximum Gasteiger partial charge on any atom is 0.0992 e. The minimum Gasteiger partial charge on any atom is -0.365 e. The summed E-state index contributed by atoms with van der Waals surface area (Å²) in [4.78, 5) is 3.42. The molecule has 0 aliphatic heterocycles. The van der Waals surface area contributed by atoms with Crippen LogP contribution in [0.25, 0.3) is 0 Å². The largest absolute Gasteiger partial charge is 0.365 e. The molecule has 0 amide bonds. The van der Waals surface area contributed by atoms with Gasteiger partial charge in [0, 0.05) is 23.7 Å². The molecule has 0 fully saturated rings. The van der Waals surface area contributed by atoms with Crippen molar-refractivity contribution < 1.29 is 0 Å². The van der Waals surface area contributed by atoms with Gasteiger partial charge in [-0.05, 0) is 36.1 Å². The summed E-state index contributed by atoms with van der Waals surface area (Å²) in [5.41, 5.74) is 8.01. The fourth-order valence-corrected chi connectivity index (χ4v) is 3.27. The SMILES string of the molecule is CCC(N)C(c1cccs1)N(C)c1cccc(C#N)c1. The van der Waals surface area contributed by atoms with Crippen molar-refractivity contribution in [2.45, 2.75) is 25.4 Å². The molecule has 0 aliphatic rings. The lowest BCUT2D eigenvalue weighted by Crippen LogP contribution is -2.38. The molecule has 2 aromatic rings. The summed E-state index contributed by atoms with van der Waals surface area (Å²) >= 11 is 1.72. The molecule has 1 heterocycles. The molecule has 0 saturated heterocycles. The molecule has 1 aromatic heterocycles. The standard InChI is InChI=1S/C16H19N3S/c1-3-14(18)16(15-8-5-9-20-15)19(2)13-7-4-6-12(10-13)11-17/h4-10,14,16H,3,18H2,1-2H3. The fourth-order valence-electron chi connectivity index (χ4n) is 2.33. The van der Waals surface area contributed by atoms with E-state index in [9.17, 15) is 0 Å². The highest BCUT2D eigenvalue weighted by atomic mass is 32.1. The second-order valence-electron chi connectivity index (χ2n) is 4.81. The Balaban J connectivity index is 2.36.